The van der Waals surface area contributed by atoms with Crippen molar-refractivity contribution in [2.24, 2.45) is 0 Å². The summed E-state index contributed by atoms with van der Waals surface area (Å²) in [4.78, 5) is 0. The topological polar surface area (TPSA) is 35.8 Å². The molecule has 2 aromatic carbocycles. The summed E-state index contributed by atoms with van der Waals surface area (Å²) in [6.45, 7) is 0.403. The van der Waals surface area contributed by atoms with Crippen LogP contribution >= 0.6 is 0 Å². The van der Waals surface area contributed by atoms with E-state index in [1.165, 1.54) is 30.3 Å². The maximum Gasteiger partial charge on any atom is 0.263 e. The van der Waals surface area contributed by atoms with Crippen LogP contribution in [0.15, 0.2) is 42.5 Å². The molecule has 1 N–H and O–H groups in total. The lowest BCUT2D eigenvalue weighted by Gasteiger charge is -2.08. The van der Waals surface area contributed by atoms with Crippen LogP contribution in [0.4, 0.5) is 18.9 Å². The van der Waals surface area contributed by atoms with E-state index in [0.717, 1.165) is 5.56 Å². The Morgan fingerprint density at radius 2 is 1.80 bits per heavy atom. The van der Waals surface area contributed by atoms with Crippen molar-refractivity contribution in [1.29, 1.82) is 5.26 Å². The largest absolute Gasteiger partial charge is 0.381 e. The first-order valence-electron chi connectivity index (χ1n) is 5.90. The molecule has 0 aliphatic rings. The summed E-state index contributed by atoms with van der Waals surface area (Å²) in [5, 5.41) is 11.7. The van der Waals surface area contributed by atoms with Crippen LogP contribution < -0.4 is 5.32 Å². The van der Waals surface area contributed by atoms with Crippen LogP contribution in [0.5, 0.6) is 0 Å². The molecular weight excluding hydrogens is 265 g/mol. The molecule has 0 fully saturated rings. The third-order valence-corrected chi connectivity index (χ3v) is 2.82. The maximum absolute atomic E-state index is 13.1. The van der Waals surface area contributed by atoms with Gasteiger partial charge in [-0.2, -0.15) is 5.26 Å². The van der Waals surface area contributed by atoms with E-state index in [-0.39, 0.29) is 11.1 Å². The fourth-order valence-corrected chi connectivity index (χ4v) is 1.71. The minimum atomic E-state index is -2.48. The van der Waals surface area contributed by atoms with Gasteiger partial charge in [-0.15, -0.1) is 0 Å². The molecule has 0 saturated carbocycles. The fourth-order valence-electron chi connectivity index (χ4n) is 1.71. The Morgan fingerprint density at radius 3 is 2.40 bits per heavy atom. The molecule has 0 unspecified atom stereocenters. The van der Waals surface area contributed by atoms with Crippen molar-refractivity contribution in [3.8, 4) is 6.07 Å². The van der Waals surface area contributed by atoms with Gasteiger partial charge in [0.25, 0.3) is 6.43 Å². The molecule has 0 saturated heterocycles. The van der Waals surface area contributed by atoms with Gasteiger partial charge in [-0.1, -0.05) is 24.3 Å². The van der Waals surface area contributed by atoms with Gasteiger partial charge in [-0.05, 0) is 23.8 Å². The normalized spacial score (nSPS) is 10.3. The zero-order valence-electron chi connectivity index (χ0n) is 10.4. The number of rotatable bonds is 4. The van der Waals surface area contributed by atoms with Crippen molar-refractivity contribution in [1.82, 2.24) is 0 Å². The Kier molecular flexibility index (Phi) is 4.26. The number of alkyl halides is 2. The van der Waals surface area contributed by atoms with Gasteiger partial charge >= 0.3 is 0 Å². The Balaban J connectivity index is 2.03. The monoisotopic (exact) mass is 276 g/mol. The first-order chi connectivity index (χ1) is 9.60. The van der Waals surface area contributed by atoms with E-state index in [0.29, 0.717) is 12.2 Å². The SMILES string of the molecule is N#Cc1cc(NCc2ccc(C(F)F)cc2)ccc1F. The average molecular weight is 276 g/mol. The number of nitrogens with zero attached hydrogens (tertiary/aromatic N) is 1. The van der Waals surface area contributed by atoms with Gasteiger partial charge in [0, 0.05) is 17.8 Å². The molecule has 2 rings (SSSR count). The van der Waals surface area contributed by atoms with Gasteiger partial charge in [0.1, 0.15) is 11.9 Å². The Labute approximate surface area is 114 Å². The highest BCUT2D eigenvalue weighted by molar-refractivity contribution is 5.50. The van der Waals surface area contributed by atoms with Gasteiger partial charge in [-0.25, -0.2) is 13.2 Å². The van der Waals surface area contributed by atoms with Crippen LogP contribution in [0.3, 0.4) is 0 Å². The first-order valence-corrected chi connectivity index (χ1v) is 5.90. The van der Waals surface area contributed by atoms with E-state index in [1.807, 2.05) is 0 Å². The minimum absolute atomic E-state index is 0.0256. The third kappa shape index (κ3) is 3.29. The molecule has 0 aromatic heterocycles. The van der Waals surface area contributed by atoms with Crippen molar-refractivity contribution in [3.63, 3.8) is 0 Å². The lowest BCUT2D eigenvalue weighted by atomic mass is 10.1. The van der Waals surface area contributed by atoms with E-state index in [9.17, 15) is 13.2 Å². The highest BCUT2D eigenvalue weighted by Crippen LogP contribution is 2.19. The second-order valence-corrected chi connectivity index (χ2v) is 4.20. The smallest absolute Gasteiger partial charge is 0.263 e. The van der Waals surface area contributed by atoms with Crippen molar-refractivity contribution in [2.45, 2.75) is 13.0 Å². The van der Waals surface area contributed by atoms with Crippen molar-refractivity contribution < 1.29 is 13.2 Å². The van der Waals surface area contributed by atoms with Crippen LogP contribution in [0.25, 0.3) is 0 Å². The number of hydrogen-bond acceptors (Lipinski definition) is 2. The summed E-state index contributed by atoms with van der Waals surface area (Å²) >= 11 is 0. The molecule has 2 nitrogen and oxygen atoms in total. The quantitative estimate of drug-likeness (QED) is 0.906. The maximum atomic E-state index is 13.1. The number of halogens is 3. The second-order valence-electron chi connectivity index (χ2n) is 4.20. The highest BCUT2D eigenvalue weighted by Gasteiger charge is 2.06. The predicted octanol–water partition coefficient (Wildman–Crippen LogP) is 4.25. The molecule has 0 bridgehead atoms. The number of anilines is 1. The summed E-state index contributed by atoms with van der Waals surface area (Å²) in [6.07, 6.45) is -2.48. The van der Waals surface area contributed by atoms with Crippen molar-refractivity contribution >= 4 is 5.69 Å². The molecule has 0 aliphatic heterocycles. The molecular formula is C15H11F3N2. The number of hydrogen-bond donors (Lipinski definition) is 1. The molecule has 0 radical (unpaired) electrons. The highest BCUT2D eigenvalue weighted by atomic mass is 19.3. The van der Waals surface area contributed by atoms with Crippen LogP contribution in [0, 0.1) is 17.1 Å². The van der Waals surface area contributed by atoms with E-state index in [4.69, 9.17) is 5.26 Å². The number of nitriles is 1. The lowest BCUT2D eigenvalue weighted by molar-refractivity contribution is 0.151. The lowest BCUT2D eigenvalue weighted by Crippen LogP contribution is -2.00. The Bertz CT molecular complexity index is 631. The van der Waals surface area contributed by atoms with E-state index in [2.05, 4.69) is 5.32 Å². The molecule has 0 amide bonds. The van der Waals surface area contributed by atoms with Gasteiger partial charge in [-0.3, -0.25) is 0 Å². The Morgan fingerprint density at radius 1 is 1.10 bits per heavy atom. The summed E-state index contributed by atoms with van der Waals surface area (Å²) in [7, 11) is 0. The van der Waals surface area contributed by atoms with Gasteiger partial charge in [0.2, 0.25) is 0 Å². The molecule has 102 valence electrons. The standard InChI is InChI=1S/C15H11F3N2/c16-14-6-5-13(7-12(14)8-19)20-9-10-1-3-11(4-2-10)15(17)18/h1-7,15,20H,9H2. The van der Waals surface area contributed by atoms with Gasteiger partial charge in [0.05, 0.1) is 5.56 Å². The molecule has 20 heavy (non-hydrogen) atoms. The zero-order valence-corrected chi connectivity index (χ0v) is 10.4. The van der Waals surface area contributed by atoms with Crippen molar-refractivity contribution in [3.05, 3.63) is 65.0 Å². The third-order valence-electron chi connectivity index (χ3n) is 2.82. The van der Waals surface area contributed by atoms with Gasteiger partial charge < -0.3 is 5.32 Å². The van der Waals surface area contributed by atoms with E-state index < -0.39 is 12.2 Å². The van der Waals surface area contributed by atoms with Crippen molar-refractivity contribution in [2.75, 3.05) is 5.32 Å². The predicted molar refractivity (Wildman–Crippen MR) is 69.8 cm³/mol. The van der Waals surface area contributed by atoms with E-state index in [1.54, 1.807) is 18.2 Å². The van der Waals surface area contributed by atoms with Crippen LogP contribution in [-0.2, 0) is 6.54 Å². The van der Waals surface area contributed by atoms with Gasteiger partial charge in [0.15, 0.2) is 0 Å². The molecule has 0 atom stereocenters. The van der Waals surface area contributed by atoms with E-state index >= 15 is 0 Å². The Hall–Kier alpha value is -2.48. The second kappa shape index (κ2) is 6.11. The minimum Gasteiger partial charge on any atom is -0.381 e. The summed E-state index contributed by atoms with van der Waals surface area (Å²) in [5.41, 5.74) is 1.35. The summed E-state index contributed by atoms with van der Waals surface area (Å²) < 4.78 is 37.9. The van der Waals surface area contributed by atoms with Crippen LogP contribution in [0.2, 0.25) is 0 Å². The molecule has 5 heteroatoms. The van der Waals surface area contributed by atoms with Crippen LogP contribution in [-0.4, -0.2) is 0 Å². The summed E-state index contributed by atoms with van der Waals surface area (Å²) in [5.74, 6) is -0.570. The first kappa shape index (κ1) is 13.9. The fraction of sp³-hybridized carbons (Fsp3) is 0.133. The molecule has 2 aromatic rings. The molecule has 0 spiro atoms. The number of nitrogens with one attached hydrogen (secondary N) is 1. The molecule has 0 heterocycles. The molecule has 0 aliphatic carbocycles. The average Bonchev–Trinajstić information content (AvgIpc) is 2.46. The summed E-state index contributed by atoms with van der Waals surface area (Å²) in [6, 6.07) is 11.8. The zero-order chi connectivity index (χ0) is 14.5. The van der Waals surface area contributed by atoms with Crippen LogP contribution in [0.1, 0.15) is 23.1 Å². The number of benzene rings is 2.